The van der Waals surface area contributed by atoms with Crippen LogP contribution >= 0.6 is 0 Å². The minimum atomic E-state index is 0.598. The van der Waals surface area contributed by atoms with Crippen molar-refractivity contribution in [2.45, 2.75) is 0 Å². The Morgan fingerprint density at radius 1 is 0.152 bits per heavy atom. The molecule has 92 heavy (non-hydrogen) atoms. The number of rotatable bonds is 6. The van der Waals surface area contributed by atoms with Crippen LogP contribution < -0.4 is 0 Å². The van der Waals surface area contributed by atoms with E-state index in [4.69, 9.17) is 9.97 Å². The lowest BCUT2D eigenvalue weighted by atomic mass is 9.71. The highest BCUT2D eigenvalue weighted by Gasteiger charge is 2.35. The Kier molecular flexibility index (Phi) is 9.44. The Balaban J connectivity index is 1.07. The summed E-state index contributed by atoms with van der Waals surface area (Å²) in [4.78, 5) is 15.6. The lowest BCUT2D eigenvalue weighted by molar-refractivity contribution is 1.06. The van der Waals surface area contributed by atoms with Gasteiger partial charge in [0.2, 0.25) is 0 Å². The Hall–Kier alpha value is -12.2. The summed E-state index contributed by atoms with van der Waals surface area (Å²) in [5.41, 5.74) is 12.1. The first kappa shape index (κ1) is 48.8. The van der Waals surface area contributed by atoms with E-state index in [0.717, 1.165) is 61.2 Å². The molecule has 1 aromatic heterocycles. The summed E-state index contributed by atoms with van der Waals surface area (Å²) in [6, 6.07) is 105. The van der Waals surface area contributed by atoms with Crippen LogP contribution in [0.25, 0.3) is 229 Å². The fourth-order valence-corrected chi connectivity index (χ4v) is 17.5. The second-order valence-corrected chi connectivity index (χ2v) is 25.6. The topological polar surface area (TPSA) is 38.7 Å². The fourth-order valence-electron chi connectivity index (χ4n) is 17.5. The van der Waals surface area contributed by atoms with Gasteiger partial charge in [-0.05, 0) is 206 Å². The zero-order valence-corrected chi connectivity index (χ0v) is 49.5. The molecule has 22 rings (SSSR count). The summed E-state index contributed by atoms with van der Waals surface area (Å²) >= 11 is 0. The molecule has 0 atom stereocenters. The number of hydrogen-bond acceptors (Lipinski definition) is 3. The SMILES string of the molecule is c1cc2ccc3ccc(-c4c(-c5ncncn5)c(-c5ccc6ccc7cccc8ccc5c6c78)c(-c5ccc6ccc7cccc8ccc5c6c78)c(-c5ccc6ccc7cccc8ccc5c6c78)c4-c4ccc5ccc6cccc7ccc4c5c67)c4ccc(c1)c2c34. The Labute approximate surface area is 526 Å². The van der Waals surface area contributed by atoms with Gasteiger partial charge in [-0.3, -0.25) is 0 Å². The van der Waals surface area contributed by atoms with Crippen LogP contribution in [0.1, 0.15) is 0 Å². The van der Waals surface area contributed by atoms with Gasteiger partial charge in [-0.1, -0.05) is 273 Å². The van der Waals surface area contributed by atoms with Crippen LogP contribution in [0.4, 0.5) is 0 Å². The fraction of sp³-hybridized carbons (Fsp3) is 0. The molecule has 0 bridgehead atoms. The van der Waals surface area contributed by atoms with E-state index in [0.29, 0.717) is 5.82 Å². The maximum absolute atomic E-state index is 5.46. The van der Waals surface area contributed by atoms with Gasteiger partial charge in [0.15, 0.2) is 5.82 Å². The highest BCUT2D eigenvalue weighted by atomic mass is 15.0. The quantitative estimate of drug-likeness (QED) is 0.156. The van der Waals surface area contributed by atoms with E-state index in [9.17, 15) is 0 Å². The van der Waals surface area contributed by atoms with Crippen LogP contribution in [0.2, 0.25) is 0 Å². The highest BCUT2D eigenvalue weighted by molar-refractivity contribution is 6.36. The normalized spacial score (nSPS) is 12.6. The Morgan fingerprint density at radius 3 is 0.543 bits per heavy atom. The molecule has 0 aliphatic heterocycles. The standard InChI is InChI=1S/C89H47N3/c1-6-48-16-21-58-31-41-68(63-36-26-53(11-1)73(48)78(58)63)83-84(69-42-32-59-22-17-49-7-2-12-54-27-37-64(69)79(59)74(49)54)86(71-44-34-61-24-19-51-9-4-14-56-29-39-66(71)81(61)76(51)56)88(89-91-46-90-47-92-89)87(72-45-35-62-25-20-52-10-5-15-57-30-40-67(72)82(62)77(52)57)85(83)70-43-33-60-23-18-50-8-3-13-55-28-38-65(70)80(60)75(50)55/h1-47H. The van der Waals surface area contributed by atoms with E-state index in [1.807, 2.05) is 0 Å². The number of aromatic nitrogens is 3. The molecule has 3 nitrogen and oxygen atoms in total. The zero-order valence-electron chi connectivity index (χ0n) is 49.5. The van der Waals surface area contributed by atoms with Gasteiger partial charge in [0, 0.05) is 16.7 Å². The van der Waals surface area contributed by atoms with Crippen LogP contribution in [-0.2, 0) is 0 Å². The molecule has 0 unspecified atom stereocenters. The summed E-state index contributed by atoms with van der Waals surface area (Å²) in [6.07, 6.45) is 3.40. The Morgan fingerprint density at radius 2 is 0.326 bits per heavy atom. The van der Waals surface area contributed by atoms with Crippen molar-refractivity contribution >= 4 is 162 Å². The van der Waals surface area contributed by atoms with Gasteiger partial charge in [-0.15, -0.1) is 0 Å². The van der Waals surface area contributed by atoms with Gasteiger partial charge >= 0.3 is 0 Å². The van der Waals surface area contributed by atoms with Crippen molar-refractivity contribution in [3.8, 4) is 67.0 Å². The first-order valence-corrected chi connectivity index (χ1v) is 31.9. The van der Waals surface area contributed by atoms with Crippen molar-refractivity contribution in [3.63, 3.8) is 0 Å². The first-order chi connectivity index (χ1) is 45.6. The highest BCUT2D eigenvalue weighted by Crippen LogP contribution is 2.61. The predicted octanol–water partition coefficient (Wildman–Crippen LogP) is 24.4. The van der Waals surface area contributed by atoms with E-state index in [1.165, 1.54) is 162 Å². The number of benzene rings is 21. The minimum Gasteiger partial charge on any atom is -0.225 e. The number of nitrogens with zero attached hydrogens (tertiary/aromatic N) is 3. The van der Waals surface area contributed by atoms with Crippen LogP contribution in [0, 0.1) is 0 Å². The van der Waals surface area contributed by atoms with E-state index in [1.54, 1.807) is 12.7 Å². The largest absolute Gasteiger partial charge is 0.225 e. The third kappa shape index (κ3) is 6.36. The van der Waals surface area contributed by atoms with Gasteiger partial charge < -0.3 is 0 Å². The van der Waals surface area contributed by atoms with Crippen molar-refractivity contribution < 1.29 is 0 Å². The van der Waals surface area contributed by atoms with Crippen LogP contribution in [-0.4, -0.2) is 15.0 Å². The monoisotopic (exact) mass is 1160 g/mol. The first-order valence-electron chi connectivity index (χ1n) is 31.9. The van der Waals surface area contributed by atoms with Gasteiger partial charge in [0.1, 0.15) is 12.7 Å². The molecule has 0 saturated carbocycles. The molecule has 0 aliphatic carbocycles. The minimum absolute atomic E-state index is 0.598. The maximum Gasteiger partial charge on any atom is 0.163 e. The number of hydrogen-bond donors (Lipinski definition) is 0. The Bertz CT molecular complexity index is 6520. The molecule has 0 saturated heterocycles. The molecule has 21 aromatic carbocycles. The predicted molar refractivity (Wildman–Crippen MR) is 391 cm³/mol. The molecule has 418 valence electrons. The zero-order chi connectivity index (χ0) is 59.6. The van der Waals surface area contributed by atoms with Gasteiger partial charge in [0.05, 0.1) is 0 Å². The van der Waals surface area contributed by atoms with Crippen LogP contribution in [0.3, 0.4) is 0 Å². The van der Waals surface area contributed by atoms with Crippen molar-refractivity contribution in [2.24, 2.45) is 0 Å². The molecule has 0 aliphatic rings. The maximum atomic E-state index is 5.46. The molecular formula is C89H47N3. The van der Waals surface area contributed by atoms with E-state index in [2.05, 4.69) is 278 Å². The molecule has 1 heterocycles. The molecule has 0 fully saturated rings. The second-order valence-electron chi connectivity index (χ2n) is 25.6. The summed E-state index contributed by atoms with van der Waals surface area (Å²) in [6.45, 7) is 0. The third-order valence-corrected chi connectivity index (χ3v) is 21.2. The summed E-state index contributed by atoms with van der Waals surface area (Å²) in [5, 5.41) is 36.7. The molecule has 0 N–H and O–H groups in total. The van der Waals surface area contributed by atoms with Crippen molar-refractivity contribution in [2.75, 3.05) is 0 Å². The molecule has 0 spiro atoms. The molecule has 0 radical (unpaired) electrons. The second kappa shape index (κ2) is 17.8. The van der Waals surface area contributed by atoms with Crippen LogP contribution in [0.15, 0.2) is 286 Å². The average molecular weight is 1160 g/mol. The van der Waals surface area contributed by atoms with Crippen molar-refractivity contribution in [1.82, 2.24) is 15.0 Å². The third-order valence-electron chi connectivity index (χ3n) is 21.2. The van der Waals surface area contributed by atoms with Gasteiger partial charge in [-0.25, -0.2) is 15.0 Å². The summed E-state index contributed by atoms with van der Waals surface area (Å²) in [5.74, 6) is 0.598. The van der Waals surface area contributed by atoms with Crippen LogP contribution in [0.5, 0.6) is 0 Å². The lowest BCUT2D eigenvalue weighted by Crippen LogP contribution is -2.06. The van der Waals surface area contributed by atoms with E-state index >= 15 is 0 Å². The average Bonchev–Trinajstić information content (AvgIpc) is 0.697. The summed E-state index contributed by atoms with van der Waals surface area (Å²) in [7, 11) is 0. The summed E-state index contributed by atoms with van der Waals surface area (Å²) < 4.78 is 0. The van der Waals surface area contributed by atoms with E-state index < -0.39 is 0 Å². The smallest absolute Gasteiger partial charge is 0.163 e. The lowest BCUT2D eigenvalue weighted by Gasteiger charge is -2.31. The van der Waals surface area contributed by atoms with Crippen molar-refractivity contribution in [1.29, 1.82) is 0 Å². The molecule has 3 heteroatoms. The van der Waals surface area contributed by atoms with Gasteiger partial charge in [0.25, 0.3) is 0 Å². The van der Waals surface area contributed by atoms with E-state index in [-0.39, 0.29) is 0 Å². The molecule has 0 amide bonds. The molecule has 22 aromatic rings. The van der Waals surface area contributed by atoms with Crippen molar-refractivity contribution in [3.05, 3.63) is 286 Å². The van der Waals surface area contributed by atoms with Gasteiger partial charge in [-0.2, -0.15) is 0 Å². The molecular weight excluding hydrogens is 1110 g/mol.